The van der Waals surface area contributed by atoms with Crippen molar-refractivity contribution in [3.05, 3.63) is 52.4 Å². The molecule has 0 fully saturated rings. The maximum Gasteiger partial charge on any atom is 0.253 e. The summed E-state index contributed by atoms with van der Waals surface area (Å²) in [5.74, 6) is 0.888. The fraction of sp³-hybridized carbons (Fsp3) is 0.167. The number of hydrogen-bond donors (Lipinski definition) is 0. The summed E-state index contributed by atoms with van der Waals surface area (Å²) in [6.45, 7) is 0. The van der Waals surface area contributed by atoms with Gasteiger partial charge in [-0.3, -0.25) is 9.36 Å². The Morgan fingerprint density at radius 1 is 1.31 bits per heavy atom. The summed E-state index contributed by atoms with van der Waals surface area (Å²) >= 11 is 5.70. The van der Waals surface area contributed by atoms with Crippen molar-refractivity contribution in [3.8, 4) is 11.4 Å². The molecule has 2 rings (SSSR count). The Hall–Kier alpha value is -1.61. The van der Waals surface area contributed by atoms with Crippen LogP contribution in [0.25, 0.3) is 11.4 Å². The molecule has 1 aromatic carbocycles. The molecule has 1 heterocycles. The first-order valence-electron chi connectivity index (χ1n) is 4.90. The SMILES string of the molecule is Cn1c(-c2ccccc2)nc(CCl)cc1=O. The van der Waals surface area contributed by atoms with Crippen molar-refractivity contribution < 1.29 is 0 Å². The molecule has 0 saturated heterocycles. The lowest BCUT2D eigenvalue weighted by Crippen LogP contribution is -2.20. The molecule has 0 aliphatic heterocycles. The number of benzene rings is 1. The zero-order valence-electron chi connectivity index (χ0n) is 8.85. The van der Waals surface area contributed by atoms with Crippen molar-refractivity contribution in [1.82, 2.24) is 9.55 Å². The Kier molecular flexibility index (Phi) is 3.06. The van der Waals surface area contributed by atoms with Crippen LogP contribution in [-0.4, -0.2) is 9.55 Å². The monoisotopic (exact) mass is 234 g/mol. The zero-order valence-corrected chi connectivity index (χ0v) is 9.61. The van der Waals surface area contributed by atoms with Crippen LogP contribution >= 0.6 is 11.6 Å². The van der Waals surface area contributed by atoms with E-state index in [1.807, 2.05) is 30.3 Å². The summed E-state index contributed by atoms with van der Waals surface area (Å²) in [5, 5.41) is 0. The fourth-order valence-electron chi connectivity index (χ4n) is 1.50. The van der Waals surface area contributed by atoms with Crippen LogP contribution in [0.5, 0.6) is 0 Å². The van der Waals surface area contributed by atoms with Gasteiger partial charge in [0.1, 0.15) is 5.82 Å². The predicted molar refractivity (Wildman–Crippen MR) is 64.5 cm³/mol. The van der Waals surface area contributed by atoms with Gasteiger partial charge in [-0.15, -0.1) is 11.6 Å². The highest BCUT2D eigenvalue weighted by Gasteiger charge is 2.06. The van der Waals surface area contributed by atoms with Gasteiger partial charge in [0, 0.05) is 18.7 Å². The molecule has 1 aromatic heterocycles. The topological polar surface area (TPSA) is 34.9 Å². The standard InChI is InChI=1S/C12H11ClN2O/c1-15-11(16)7-10(8-13)14-12(15)9-5-3-2-4-6-9/h2-7H,8H2,1H3. The van der Waals surface area contributed by atoms with Crippen molar-refractivity contribution in [1.29, 1.82) is 0 Å². The van der Waals surface area contributed by atoms with Crippen LogP contribution in [0.2, 0.25) is 0 Å². The summed E-state index contributed by atoms with van der Waals surface area (Å²) in [7, 11) is 1.70. The van der Waals surface area contributed by atoms with E-state index in [-0.39, 0.29) is 11.4 Å². The van der Waals surface area contributed by atoms with Crippen LogP contribution < -0.4 is 5.56 Å². The van der Waals surface area contributed by atoms with Gasteiger partial charge in [0.05, 0.1) is 11.6 Å². The number of alkyl halides is 1. The van der Waals surface area contributed by atoms with Gasteiger partial charge in [-0.05, 0) is 0 Å². The van der Waals surface area contributed by atoms with E-state index in [1.165, 1.54) is 10.6 Å². The second-order valence-corrected chi connectivity index (χ2v) is 3.74. The summed E-state index contributed by atoms with van der Waals surface area (Å²) in [6.07, 6.45) is 0. The van der Waals surface area contributed by atoms with E-state index < -0.39 is 0 Å². The molecule has 0 N–H and O–H groups in total. The van der Waals surface area contributed by atoms with Crippen LogP contribution in [0.3, 0.4) is 0 Å². The van der Waals surface area contributed by atoms with E-state index in [0.717, 1.165) is 5.56 Å². The van der Waals surface area contributed by atoms with Crippen LogP contribution in [0.15, 0.2) is 41.2 Å². The highest BCUT2D eigenvalue weighted by molar-refractivity contribution is 6.16. The molecular weight excluding hydrogens is 224 g/mol. The van der Waals surface area contributed by atoms with E-state index in [0.29, 0.717) is 11.5 Å². The lowest BCUT2D eigenvalue weighted by Gasteiger charge is -2.08. The predicted octanol–water partition coefficient (Wildman–Crippen LogP) is 2.19. The Labute approximate surface area is 98.3 Å². The number of aromatic nitrogens is 2. The minimum absolute atomic E-state index is 0.0931. The van der Waals surface area contributed by atoms with Gasteiger partial charge in [-0.1, -0.05) is 30.3 Å². The molecule has 2 aromatic rings. The van der Waals surface area contributed by atoms with Gasteiger partial charge in [0.15, 0.2) is 0 Å². The van der Waals surface area contributed by atoms with Crippen LogP contribution in [0.1, 0.15) is 5.69 Å². The van der Waals surface area contributed by atoms with Crippen molar-refractivity contribution in [2.75, 3.05) is 0 Å². The van der Waals surface area contributed by atoms with E-state index in [9.17, 15) is 4.79 Å². The molecule has 0 bridgehead atoms. The van der Waals surface area contributed by atoms with Crippen LogP contribution in [-0.2, 0) is 12.9 Å². The van der Waals surface area contributed by atoms with Crippen molar-refractivity contribution >= 4 is 11.6 Å². The molecule has 0 unspecified atom stereocenters. The highest BCUT2D eigenvalue weighted by Crippen LogP contribution is 2.14. The van der Waals surface area contributed by atoms with E-state index >= 15 is 0 Å². The summed E-state index contributed by atoms with van der Waals surface area (Å²) in [4.78, 5) is 16.0. The lowest BCUT2D eigenvalue weighted by atomic mass is 10.2. The molecule has 4 heteroatoms. The first-order valence-corrected chi connectivity index (χ1v) is 5.44. The average molecular weight is 235 g/mol. The van der Waals surface area contributed by atoms with Gasteiger partial charge in [0.2, 0.25) is 0 Å². The van der Waals surface area contributed by atoms with Gasteiger partial charge in [-0.2, -0.15) is 0 Å². The zero-order chi connectivity index (χ0) is 11.5. The quantitative estimate of drug-likeness (QED) is 0.747. The molecule has 16 heavy (non-hydrogen) atoms. The summed E-state index contributed by atoms with van der Waals surface area (Å²) < 4.78 is 1.52. The Bertz CT molecular complexity index is 549. The van der Waals surface area contributed by atoms with Crippen LogP contribution in [0, 0.1) is 0 Å². The third kappa shape index (κ3) is 1.99. The Morgan fingerprint density at radius 3 is 2.62 bits per heavy atom. The molecule has 0 aliphatic rings. The van der Waals surface area contributed by atoms with Gasteiger partial charge in [0.25, 0.3) is 5.56 Å². The third-order valence-electron chi connectivity index (χ3n) is 2.36. The number of halogens is 1. The van der Waals surface area contributed by atoms with Gasteiger partial charge >= 0.3 is 0 Å². The lowest BCUT2D eigenvalue weighted by molar-refractivity contribution is 0.825. The molecule has 0 atom stereocenters. The largest absolute Gasteiger partial charge is 0.296 e. The fourth-order valence-corrected chi connectivity index (χ4v) is 1.64. The maximum absolute atomic E-state index is 11.7. The molecule has 0 aliphatic carbocycles. The number of rotatable bonds is 2. The molecule has 3 nitrogen and oxygen atoms in total. The van der Waals surface area contributed by atoms with E-state index in [2.05, 4.69) is 4.98 Å². The molecular formula is C12H11ClN2O. The molecule has 0 radical (unpaired) electrons. The number of nitrogens with zero attached hydrogens (tertiary/aromatic N) is 2. The Balaban J connectivity index is 2.65. The van der Waals surface area contributed by atoms with Gasteiger partial charge in [-0.25, -0.2) is 4.98 Å². The Morgan fingerprint density at radius 2 is 2.00 bits per heavy atom. The normalized spacial score (nSPS) is 10.4. The van der Waals surface area contributed by atoms with E-state index in [1.54, 1.807) is 7.05 Å². The second-order valence-electron chi connectivity index (χ2n) is 3.47. The second kappa shape index (κ2) is 4.49. The maximum atomic E-state index is 11.7. The number of hydrogen-bond acceptors (Lipinski definition) is 2. The smallest absolute Gasteiger partial charge is 0.253 e. The molecule has 82 valence electrons. The minimum atomic E-state index is -0.0931. The molecule has 0 saturated carbocycles. The first-order chi connectivity index (χ1) is 7.72. The van der Waals surface area contributed by atoms with Crippen LogP contribution in [0.4, 0.5) is 0 Å². The molecule has 0 amide bonds. The minimum Gasteiger partial charge on any atom is -0.296 e. The third-order valence-corrected chi connectivity index (χ3v) is 2.63. The van der Waals surface area contributed by atoms with Crippen molar-refractivity contribution in [2.45, 2.75) is 5.88 Å². The van der Waals surface area contributed by atoms with Gasteiger partial charge < -0.3 is 0 Å². The summed E-state index contributed by atoms with van der Waals surface area (Å²) in [6, 6.07) is 11.0. The van der Waals surface area contributed by atoms with Crippen molar-refractivity contribution in [3.63, 3.8) is 0 Å². The summed E-state index contributed by atoms with van der Waals surface area (Å²) in [5.41, 5.74) is 1.42. The van der Waals surface area contributed by atoms with Crippen molar-refractivity contribution in [2.24, 2.45) is 7.05 Å². The van der Waals surface area contributed by atoms with E-state index in [4.69, 9.17) is 11.6 Å². The molecule has 0 spiro atoms. The first kappa shape index (κ1) is 10.9. The average Bonchev–Trinajstić information content (AvgIpc) is 2.33. The highest BCUT2D eigenvalue weighted by atomic mass is 35.5.